The zero-order chi connectivity index (χ0) is 23.3. The fourth-order valence-corrected chi connectivity index (χ4v) is 5.32. The monoisotopic (exact) mass is 498 g/mol. The SMILES string of the molecule is O=C(Nc1ncc(F)s1)/C(=N/O[C@@H]1CCOC1)c1ccc(S(=O)(=O)N2CCCOCC2)cc1. The van der Waals surface area contributed by atoms with Crippen molar-refractivity contribution < 1.29 is 31.9 Å². The maximum atomic E-state index is 13.3. The Labute approximate surface area is 194 Å². The van der Waals surface area contributed by atoms with Gasteiger partial charge in [0.1, 0.15) is 0 Å². The van der Waals surface area contributed by atoms with E-state index >= 15 is 0 Å². The number of nitrogens with one attached hydrogen (secondary N) is 1. The Morgan fingerprint density at radius 3 is 2.73 bits per heavy atom. The van der Waals surface area contributed by atoms with Gasteiger partial charge in [-0.05, 0) is 18.6 Å². The van der Waals surface area contributed by atoms with E-state index in [-0.39, 0.29) is 28.4 Å². The van der Waals surface area contributed by atoms with E-state index in [1.807, 2.05) is 0 Å². The van der Waals surface area contributed by atoms with Crippen LogP contribution in [0.1, 0.15) is 18.4 Å². The topological polar surface area (TPSA) is 119 Å². The second-order valence-corrected chi connectivity index (χ2v) is 10.3. The molecule has 1 atom stereocenters. The van der Waals surface area contributed by atoms with Crippen LogP contribution in [0, 0.1) is 5.13 Å². The van der Waals surface area contributed by atoms with Crippen molar-refractivity contribution in [3.8, 4) is 0 Å². The van der Waals surface area contributed by atoms with Gasteiger partial charge < -0.3 is 14.3 Å². The normalized spacial score (nSPS) is 20.4. The quantitative estimate of drug-likeness (QED) is 0.457. The largest absolute Gasteiger partial charge is 0.389 e. The second kappa shape index (κ2) is 10.7. The summed E-state index contributed by atoms with van der Waals surface area (Å²) in [4.78, 5) is 22.2. The van der Waals surface area contributed by atoms with Crippen molar-refractivity contribution in [3.05, 3.63) is 41.2 Å². The van der Waals surface area contributed by atoms with E-state index in [0.717, 1.165) is 6.20 Å². The highest BCUT2D eigenvalue weighted by molar-refractivity contribution is 7.89. The number of rotatable bonds is 7. The molecule has 1 N–H and O–H groups in total. The fourth-order valence-electron chi connectivity index (χ4n) is 3.31. The molecule has 0 unspecified atom stereocenters. The van der Waals surface area contributed by atoms with Crippen molar-refractivity contribution in [2.24, 2.45) is 5.16 Å². The van der Waals surface area contributed by atoms with Gasteiger partial charge >= 0.3 is 0 Å². The number of amides is 1. The lowest BCUT2D eigenvalue weighted by Gasteiger charge is -2.19. The van der Waals surface area contributed by atoms with Crippen molar-refractivity contribution >= 4 is 38.1 Å². The number of nitrogens with zero attached hydrogens (tertiary/aromatic N) is 3. The molecule has 2 aromatic rings. The van der Waals surface area contributed by atoms with Crippen molar-refractivity contribution in [1.82, 2.24) is 9.29 Å². The molecular weight excluding hydrogens is 475 g/mol. The zero-order valence-corrected chi connectivity index (χ0v) is 19.2. The van der Waals surface area contributed by atoms with Crippen LogP contribution in [0.2, 0.25) is 0 Å². The third-order valence-corrected chi connectivity index (χ3v) is 7.65. The third kappa shape index (κ3) is 5.92. The summed E-state index contributed by atoms with van der Waals surface area (Å²) in [5, 5.41) is 6.01. The lowest BCUT2D eigenvalue weighted by molar-refractivity contribution is -0.110. The van der Waals surface area contributed by atoms with Crippen LogP contribution < -0.4 is 5.32 Å². The number of oxime groups is 1. The average molecular weight is 499 g/mol. The molecule has 2 aliphatic rings. The van der Waals surface area contributed by atoms with E-state index < -0.39 is 21.1 Å². The molecule has 2 fully saturated rings. The fraction of sp³-hybridized carbons (Fsp3) is 0.450. The predicted molar refractivity (Wildman–Crippen MR) is 118 cm³/mol. The molecule has 3 heterocycles. The maximum Gasteiger partial charge on any atom is 0.280 e. The standard InChI is InChI=1S/C20H23FN4O6S2/c21-17-12-22-20(32-17)23-19(26)18(24-31-15-6-10-30-13-15)14-2-4-16(5-3-14)33(27,28)25-7-1-9-29-11-8-25/h2-5,12,15H,1,6-11,13H2,(H,22,23,26)/b24-18+/t15-/m1/s1. The maximum absolute atomic E-state index is 13.3. The molecule has 4 rings (SSSR count). The van der Waals surface area contributed by atoms with Crippen LogP contribution in [0.25, 0.3) is 0 Å². The molecule has 0 radical (unpaired) electrons. The molecule has 0 bridgehead atoms. The van der Waals surface area contributed by atoms with Gasteiger partial charge in [-0.2, -0.15) is 8.70 Å². The van der Waals surface area contributed by atoms with E-state index in [4.69, 9.17) is 14.3 Å². The summed E-state index contributed by atoms with van der Waals surface area (Å²) in [5.41, 5.74) is 0.242. The lowest BCUT2D eigenvalue weighted by Crippen LogP contribution is -2.33. The first kappa shape index (κ1) is 23.7. The molecule has 2 aliphatic heterocycles. The molecule has 2 saturated heterocycles. The molecule has 0 spiro atoms. The van der Waals surface area contributed by atoms with Gasteiger partial charge in [0.25, 0.3) is 5.91 Å². The summed E-state index contributed by atoms with van der Waals surface area (Å²) in [5.74, 6) is -0.663. The Morgan fingerprint density at radius 1 is 1.21 bits per heavy atom. The van der Waals surface area contributed by atoms with Crippen molar-refractivity contribution in [3.63, 3.8) is 0 Å². The van der Waals surface area contributed by atoms with E-state index in [9.17, 15) is 17.6 Å². The number of carbonyl (C=O) groups excluding carboxylic acids is 1. The first-order chi connectivity index (χ1) is 15.9. The van der Waals surface area contributed by atoms with Crippen molar-refractivity contribution in [1.29, 1.82) is 0 Å². The Balaban J connectivity index is 1.56. The average Bonchev–Trinajstić information content (AvgIpc) is 3.38. The lowest BCUT2D eigenvalue weighted by atomic mass is 10.1. The number of hydrogen-bond donors (Lipinski definition) is 1. The van der Waals surface area contributed by atoms with Gasteiger partial charge in [-0.25, -0.2) is 13.4 Å². The van der Waals surface area contributed by atoms with Gasteiger partial charge in [0.15, 0.2) is 22.1 Å². The predicted octanol–water partition coefficient (Wildman–Crippen LogP) is 1.84. The summed E-state index contributed by atoms with van der Waals surface area (Å²) in [6.07, 6.45) is 1.95. The molecule has 1 aromatic carbocycles. The van der Waals surface area contributed by atoms with Gasteiger partial charge in [-0.15, -0.1) is 0 Å². The minimum atomic E-state index is -3.70. The summed E-state index contributed by atoms with van der Waals surface area (Å²) in [6.45, 7) is 2.41. The first-order valence-corrected chi connectivity index (χ1v) is 12.6. The number of benzene rings is 1. The Kier molecular flexibility index (Phi) is 7.65. The smallest absolute Gasteiger partial charge is 0.280 e. The van der Waals surface area contributed by atoms with Crippen LogP contribution >= 0.6 is 11.3 Å². The molecule has 10 nitrogen and oxygen atoms in total. The molecule has 0 aliphatic carbocycles. The minimum absolute atomic E-state index is 0.0666. The molecule has 33 heavy (non-hydrogen) atoms. The van der Waals surface area contributed by atoms with Gasteiger partial charge in [-0.1, -0.05) is 28.6 Å². The van der Waals surface area contributed by atoms with Crippen molar-refractivity contribution in [2.45, 2.75) is 23.8 Å². The number of thiazole rings is 1. The molecular formula is C20H23FN4O6S2. The first-order valence-electron chi connectivity index (χ1n) is 10.4. The number of sulfonamides is 1. The molecule has 1 amide bonds. The van der Waals surface area contributed by atoms with E-state index in [1.165, 1.54) is 28.6 Å². The van der Waals surface area contributed by atoms with E-state index in [0.29, 0.717) is 62.7 Å². The third-order valence-electron chi connectivity index (χ3n) is 5.04. The Morgan fingerprint density at radius 2 is 2.03 bits per heavy atom. The van der Waals surface area contributed by atoms with Crippen LogP contribution in [0.5, 0.6) is 0 Å². The Hall–Kier alpha value is -2.45. The zero-order valence-electron chi connectivity index (χ0n) is 17.6. The summed E-state index contributed by atoms with van der Waals surface area (Å²) in [6, 6.07) is 5.80. The number of halogens is 1. The van der Waals surface area contributed by atoms with Gasteiger partial charge in [0.2, 0.25) is 10.0 Å². The van der Waals surface area contributed by atoms with Gasteiger partial charge in [-0.3, -0.25) is 10.1 Å². The number of hydrogen-bond acceptors (Lipinski definition) is 9. The molecule has 1 aromatic heterocycles. The number of ether oxygens (including phenoxy) is 2. The number of anilines is 1. The highest BCUT2D eigenvalue weighted by Gasteiger charge is 2.26. The summed E-state index contributed by atoms with van der Waals surface area (Å²) in [7, 11) is -3.70. The molecule has 13 heteroatoms. The van der Waals surface area contributed by atoms with Crippen LogP contribution in [0.3, 0.4) is 0 Å². The summed E-state index contributed by atoms with van der Waals surface area (Å²) < 4.78 is 51.2. The van der Waals surface area contributed by atoms with Crippen LogP contribution in [0.15, 0.2) is 40.5 Å². The minimum Gasteiger partial charge on any atom is -0.389 e. The highest BCUT2D eigenvalue weighted by atomic mass is 32.2. The van der Waals surface area contributed by atoms with Crippen molar-refractivity contribution in [2.75, 3.05) is 44.8 Å². The van der Waals surface area contributed by atoms with Crippen LogP contribution in [0.4, 0.5) is 9.52 Å². The number of aromatic nitrogens is 1. The van der Waals surface area contributed by atoms with E-state index in [2.05, 4.69) is 15.5 Å². The molecule has 178 valence electrons. The highest BCUT2D eigenvalue weighted by Crippen LogP contribution is 2.20. The summed E-state index contributed by atoms with van der Waals surface area (Å²) >= 11 is 0.675. The van der Waals surface area contributed by atoms with Gasteiger partial charge in [0, 0.05) is 31.7 Å². The Bertz CT molecular complexity index is 1090. The second-order valence-electron chi connectivity index (χ2n) is 7.35. The molecule has 0 saturated carbocycles. The van der Waals surface area contributed by atoms with Crippen LogP contribution in [-0.4, -0.2) is 74.9 Å². The van der Waals surface area contributed by atoms with E-state index in [1.54, 1.807) is 0 Å². The van der Waals surface area contributed by atoms with Gasteiger partial charge in [0.05, 0.1) is 30.9 Å². The number of carbonyl (C=O) groups is 1. The van der Waals surface area contributed by atoms with Crippen LogP contribution in [-0.2, 0) is 29.1 Å².